The van der Waals surface area contributed by atoms with E-state index in [-0.39, 0.29) is 18.4 Å². The van der Waals surface area contributed by atoms with Crippen molar-refractivity contribution >= 4 is 11.9 Å². The average Bonchev–Trinajstić information content (AvgIpc) is 2.05. The number of likely N-dealkylation sites (tertiary alicyclic amines) is 1. The van der Waals surface area contributed by atoms with E-state index in [4.69, 9.17) is 4.74 Å². The van der Waals surface area contributed by atoms with Gasteiger partial charge in [0, 0.05) is 13.0 Å². The second kappa shape index (κ2) is 4.09. The van der Waals surface area contributed by atoms with Crippen molar-refractivity contribution in [1.82, 2.24) is 4.90 Å². The molecule has 1 aliphatic rings. The molecule has 0 aromatic heterocycles. The van der Waals surface area contributed by atoms with Gasteiger partial charge in [-0.3, -0.25) is 4.79 Å². The molecule has 0 spiro atoms. The lowest BCUT2D eigenvalue weighted by molar-refractivity contribution is -0.121. The summed E-state index contributed by atoms with van der Waals surface area (Å²) in [5.41, 5.74) is 0. The molecule has 0 aromatic carbocycles. The first kappa shape index (κ1) is 9.03. The van der Waals surface area contributed by atoms with E-state index in [1.165, 1.54) is 4.90 Å². The second-order valence-electron chi connectivity index (χ2n) is 2.76. The van der Waals surface area contributed by atoms with Crippen molar-refractivity contribution in [2.75, 3.05) is 19.7 Å². The van der Waals surface area contributed by atoms with Crippen LogP contribution in [0.5, 0.6) is 0 Å². The van der Waals surface area contributed by atoms with Crippen LogP contribution in [-0.4, -0.2) is 36.5 Å². The molecule has 1 heterocycles. The van der Waals surface area contributed by atoms with Crippen molar-refractivity contribution in [3.63, 3.8) is 0 Å². The van der Waals surface area contributed by atoms with Crippen molar-refractivity contribution in [3.8, 4) is 0 Å². The smallest absolute Gasteiger partial charge is 0.410 e. The Bertz CT molecular complexity index is 191. The van der Waals surface area contributed by atoms with Gasteiger partial charge in [-0.15, -0.1) is 0 Å². The van der Waals surface area contributed by atoms with Crippen LogP contribution in [0, 0.1) is 0 Å². The Morgan fingerprint density at radius 3 is 3.00 bits per heavy atom. The molecule has 68 valence electrons. The van der Waals surface area contributed by atoms with Crippen molar-refractivity contribution in [1.29, 1.82) is 0 Å². The Labute approximate surface area is 71.5 Å². The molecule has 0 saturated carbocycles. The number of ether oxygens (including phenoxy) is 1. The number of rotatable bonds is 1. The monoisotopic (exact) mass is 171 g/mol. The average molecular weight is 171 g/mol. The molecule has 0 N–H and O–H groups in total. The number of ketones is 1. The van der Waals surface area contributed by atoms with E-state index >= 15 is 0 Å². The molecule has 1 aliphatic heterocycles. The summed E-state index contributed by atoms with van der Waals surface area (Å²) in [4.78, 5) is 23.5. The van der Waals surface area contributed by atoms with Gasteiger partial charge < -0.3 is 9.64 Å². The summed E-state index contributed by atoms with van der Waals surface area (Å²) in [5, 5.41) is 0. The van der Waals surface area contributed by atoms with Crippen LogP contribution in [0.1, 0.15) is 19.8 Å². The van der Waals surface area contributed by atoms with E-state index < -0.39 is 0 Å². The third-order valence-corrected chi connectivity index (χ3v) is 1.78. The molecule has 4 heteroatoms. The molecular weight excluding hydrogens is 158 g/mol. The Kier molecular flexibility index (Phi) is 3.08. The minimum Gasteiger partial charge on any atom is -0.450 e. The van der Waals surface area contributed by atoms with Crippen LogP contribution in [0.3, 0.4) is 0 Å². The fraction of sp³-hybridized carbons (Fsp3) is 0.750. The molecule has 1 rings (SSSR count). The number of hydrogen-bond acceptors (Lipinski definition) is 3. The molecular formula is C8H13NO3. The highest BCUT2D eigenvalue weighted by molar-refractivity contribution is 5.85. The Hall–Kier alpha value is -1.06. The molecule has 12 heavy (non-hydrogen) atoms. The number of carbonyl (C=O) groups excluding carboxylic acids is 2. The van der Waals surface area contributed by atoms with Crippen LogP contribution < -0.4 is 0 Å². The lowest BCUT2D eigenvalue weighted by Crippen LogP contribution is -2.40. The zero-order valence-corrected chi connectivity index (χ0v) is 7.21. The summed E-state index contributed by atoms with van der Waals surface area (Å²) >= 11 is 0. The van der Waals surface area contributed by atoms with E-state index in [1.54, 1.807) is 6.92 Å². The fourth-order valence-corrected chi connectivity index (χ4v) is 1.21. The topological polar surface area (TPSA) is 46.6 Å². The van der Waals surface area contributed by atoms with E-state index in [2.05, 4.69) is 0 Å². The van der Waals surface area contributed by atoms with Crippen molar-refractivity contribution in [2.45, 2.75) is 19.8 Å². The standard InChI is InChI=1S/C8H13NO3/c1-2-12-8(11)9-5-3-4-7(10)6-9/h2-6H2,1H3. The summed E-state index contributed by atoms with van der Waals surface area (Å²) in [6.07, 6.45) is 0.985. The molecule has 0 aromatic rings. The zero-order valence-electron chi connectivity index (χ0n) is 7.21. The molecule has 0 aliphatic carbocycles. The number of amides is 1. The summed E-state index contributed by atoms with van der Waals surface area (Å²) in [6.45, 7) is 2.98. The van der Waals surface area contributed by atoms with Crippen LogP contribution in [0.15, 0.2) is 0 Å². The lowest BCUT2D eigenvalue weighted by Gasteiger charge is -2.24. The van der Waals surface area contributed by atoms with Gasteiger partial charge in [-0.25, -0.2) is 4.79 Å². The van der Waals surface area contributed by atoms with Crippen molar-refractivity contribution in [3.05, 3.63) is 0 Å². The van der Waals surface area contributed by atoms with Crippen LogP contribution in [0.25, 0.3) is 0 Å². The van der Waals surface area contributed by atoms with Gasteiger partial charge in [0.25, 0.3) is 0 Å². The first-order chi connectivity index (χ1) is 5.74. The summed E-state index contributed by atoms with van der Waals surface area (Å²) < 4.78 is 4.76. The summed E-state index contributed by atoms with van der Waals surface area (Å²) in [5.74, 6) is 0.120. The SMILES string of the molecule is CCOC(=O)N1CCCC(=O)C1. The minimum atomic E-state index is -0.370. The van der Waals surface area contributed by atoms with Gasteiger partial charge in [0.15, 0.2) is 5.78 Å². The molecule has 1 amide bonds. The summed E-state index contributed by atoms with van der Waals surface area (Å²) in [6, 6.07) is 0. The molecule has 0 bridgehead atoms. The maximum Gasteiger partial charge on any atom is 0.410 e. The highest BCUT2D eigenvalue weighted by Crippen LogP contribution is 2.06. The van der Waals surface area contributed by atoms with Crippen LogP contribution in [0.4, 0.5) is 4.79 Å². The van der Waals surface area contributed by atoms with Gasteiger partial charge in [-0.05, 0) is 13.3 Å². The third kappa shape index (κ3) is 2.22. The highest BCUT2D eigenvalue weighted by atomic mass is 16.6. The predicted molar refractivity (Wildman–Crippen MR) is 42.8 cm³/mol. The number of hydrogen-bond donors (Lipinski definition) is 0. The van der Waals surface area contributed by atoms with E-state index in [0.29, 0.717) is 19.6 Å². The second-order valence-corrected chi connectivity index (χ2v) is 2.76. The first-order valence-electron chi connectivity index (χ1n) is 4.17. The van der Waals surface area contributed by atoms with Gasteiger partial charge in [-0.1, -0.05) is 0 Å². The number of Topliss-reactive ketones (excluding diaryl/α,β-unsaturated/α-hetero) is 1. The van der Waals surface area contributed by atoms with Gasteiger partial charge in [0.05, 0.1) is 13.2 Å². The number of piperidine rings is 1. The van der Waals surface area contributed by atoms with Crippen LogP contribution in [-0.2, 0) is 9.53 Å². The molecule has 0 unspecified atom stereocenters. The molecule has 1 fully saturated rings. The maximum atomic E-state index is 11.1. The third-order valence-electron chi connectivity index (χ3n) is 1.78. The predicted octanol–water partition coefficient (Wildman–Crippen LogP) is 0.808. The lowest BCUT2D eigenvalue weighted by atomic mass is 10.1. The van der Waals surface area contributed by atoms with Gasteiger partial charge >= 0.3 is 6.09 Å². The van der Waals surface area contributed by atoms with Crippen LogP contribution in [0.2, 0.25) is 0 Å². The molecule has 0 radical (unpaired) electrons. The minimum absolute atomic E-state index is 0.120. The summed E-state index contributed by atoms with van der Waals surface area (Å²) in [7, 11) is 0. The molecule has 1 saturated heterocycles. The first-order valence-corrected chi connectivity index (χ1v) is 4.17. The molecule has 4 nitrogen and oxygen atoms in total. The van der Waals surface area contributed by atoms with E-state index in [1.807, 2.05) is 0 Å². The highest BCUT2D eigenvalue weighted by Gasteiger charge is 2.21. The fourth-order valence-electron chi connectivity index (χ4n) is 1.21. The number of carbonyl (C=O) groups is 2. The Balaban J connectivity index is 2.40. The molecule has 0 atom stereocenters. The zero-order chi connectivity index (χ0) is 8.97. The van der Waals surface area contributed by atoms with Gasteiger partial charge in [0.2, 0.25) is 0 Å². The number of nitrogens with zero attached hydrogens (tertiary/aromatic N) is 1. The van der Waals surface area contributed by atoms with Gasteiger partial charge in [-0.2, -0.15) is 0 Å². The van der Waals surface area contributed by atoms with Crippen molar-refractivity contribution in [2.24, 2.45) is 0 Å². The Morgan fingerprint density at radius 2 is 2.42 bits per heavy atom. The van der Waals surface area contributed by atoms with Gasteiger partial charge in [0.1, 0.15) is 0 Å². The quantitative estimate of drug-likeness (QED) is 0.586. The maximum absolute atomic E-state index is 11.1. The normalized spacial score (nSPS) is 17.8. The van der Waals surface area contributed by atoms with Crippen molar-refractivity contribution < 1.29 is 14.3 Å². The van der Waals surface area contributed by atoms with E-state index in [0.717, 1.165) is 6.42 Å². The van der Waals surface area contributed by atoms with Crippen LogP contribution >= 0.6 is 0 Å². The Morgan fingerprint density at radius 1 is 1.67 bits per heavy atom. The van der Waals surface area contributed by atoms with E-state index in [9.17, 15) is 9.59 Å². The largest absolute Gasteiger partial charge is 0.450 e.